The second kappa shape index (κ2) is 7.26. The van der Waals surface area contributed by atoms with Gasteiger partial charge in [-0.25, -0.2) is 4.79 Å². The van der Waals surface area contributed by atoms with Crippen LogP contribution >= 0.6 is 31.9 Å². The summed E-state index contributed by atoms with van der Waals surface area (Å²) in [6.07, 6.45) is 0. The number of carbonyl (C=O) groups is 2. The number of hydrogen-bond acceptors (Lipinski definition) is 5. The first-order valence-corrected chi connectivity index (χ1v) is 7.99. The van der Waals surface area contributed by atoms with Gasteiger partial charge in [0.2, 0.25) is 0 Å². The van der Waals surface area contributed by atoms with Crippen molar-refractivity contribution >= 4 is 49.4 Å². The van der Waals surface area contributed by atoms with Gasteiger partial charge in [-0.3, -0.25) is 4.79 Å². The molecule has 22 heavy (non-hydrogen) atoms. The molecule has 1 aromatic rings. The molecule has 1 aromatic carbocycles. The van der Waals surface area contributed by atoms with E-state index in [-0.39, 0.29) is 36.9 Å². The van der Waals surface area contributed by atoms with Crippen LogP contribution in [0.3, 0.4) is 0 Å². The molecular formula is C14H14Br2N2O4. The summed E-state index contributed by atoms with van der Waals surface area (Å²) >= 11 is 6.73. The molecular weight excluding hydrogens is 420 g/mol. The topological polar surface area (TPSA) is 78.9 Å². The third kappa shape index (κ3) is 3.68. The van der Waals surface area contributed by atoms with Gasteiger partial charge in [-0.2, -0.15) is 0 Å². The van der Waals surface area contributed by atoms with E-state index in [9.17, 15) is 9.59 Å². The van der Waals surface area contributed by atoms with Gasteiger partial charge in [-0.15, -0.1) is 0 Å². The van der Waals surface area contributed by atoms with Gasteiger partial charge >= 0.3 is 5.97 Å². The minimum absolute atomic E-state index is 0.115. The normalized spacial score (nSPS) is 14.5. The highest BCUT2D eigenvalue weighted by molar-refractivity contribution is 9.11. The summed E-state index contributed by atoms with van der Waals surface area (Å²) < 4.78 is 6.37. The summed E-state index contributed by atoms with van der Waals surface area (Å²) in [5.74, 6) is -0.907. The van der Waals surface area contributed by atoms with Crippen LogP contribution in [-0.4, -0.2) is 48.7 Å². The Bertz CT molecular complexity index is 625. The monoisotopic (exact) mass is 432 g/mol. The summed E-state index contributed by atoms with van der Waals surface area (Å²) in [7, 11) is 1.27. The van der Waals surface area contributed by atoms with Crippen molar-refractivity contribution in [3.05, 3.63) is 38.4 Å². The number of aliphatic hydroxyl groups is 1. The highest BCUT2D eigenvalue weighted by Gasteiger charge is 2.34. The lowest BCUT2D eigenvalue weighted by atomic mass is 10.2. The predicted molar refractivity (Wildman–Crippen MR) is 88.2 cm³/mol. The zero-order chi connectivity index (χ0) is 16.3. The van der Waals surface area contributed by atoms with Crippen LogP contribution < -0.4 is 5.32 Å². The minimum atomic E-state index is -0.564. The lowest BCUT2D eigenvalue weighted by Crippen LogP contribution is -2.31. The maximum absolute atomic E-state index is 12.4. The van der Waals surface area contributed by atoms with Crippen molar-refractivity contribution in [1.82, 2.24) is 4.90 Å². The molecule has 2 N–H and O–H groups in total. The molecule has 0 saturated heterocycles. The maximum atomic E-state index is 12.4. The van der Waals surface area contributed by atoms with E-state index >= 15 is 0 Å². The fourth-order valence-electron chi connectivity index (χ4n) is 2.12. The first-order chi connectivity index (χ1) is 10.5. The van der Waals surface area contributed by atoms with Gasteiger partial charge in [-0.1, -0.05) is 31.9 Å². The van der Waals surface area contributed by atoms with Crippen LogP contribution in [-0.2, 0) is 14.3 Å². The number of amides is 1. The first-order valence-electron chi connectivity index (χ1n) is 6.41. The number of β-amino-alcohol motifs (C(OH)–C–C–N with tert-alkyl or cyclic N) is 1. The van der Waals surface area contributed by atoms with E-state index in [1.54, 1.807) is 12.1 Å². The molecule has 6 nitrogen and oxygen atoms in total. The lowest BCUT2D eigenvalue weighted by molar-refractivity contribution is -0.136. The molecule has 1 aliphatic rings. The number of methoxy groups -OCH3 is 1. The summed E-state index contributed by atoms with van der Waals surface area (Å²) in [6.45, 7) is 0.103. The molecule has 0 bridgehead atoms. The number of carbonyl (C=O) groups excluding carboxylic acids is 2. The number of nitrogens with zero attached hydrogens (tertiary/aromatic N) is 1. The number of aliphatic hydroxyl groups excluding tert-OH is 1. The fourth-order valence-corrected chi connectivity index (χ4v) is 3.41. The van der Waals surface area contributed by atoms with E-state index in [1.165, 1.54) is 12.0 Å². The van der Waals surface area contributed by atoms with Gasteiger partial charge in [0.1, 0.15) is 5.70 Å². The Morgan fingerprint density at radius 3 is 2.55 bits per heavy atom. The Balaban J connectivity index is 2.34. The zero-order valence-corrected chi connectivity index (χ0v) is 14.9. The van der Waals surface area contributed by atoms with Crippen LogP contribution in [0, 0.1) is 0 Å². The zero-order valence-electron chi connectivity index (χ0n) is 11.7. The second-order valence-corrected chi connectivity index (χ2v) is 6.41. The predicted octanol–water partition coefficient (Wildman–Crippen LogP) is 1.89. The summed E-state index contributed by atoms with van der Waals surface area (Å²) in [5, 5.41) is 12.0. The molecule has 1 amide bonds. The Kier molecular flexibility index (Phi) is 5.60. The van der Waals surface area contributed by atoms with Crippen molar-refractivity contribution < 1.29 is 19.4 Å². The van der Waals surface area contributed by atoms with Gasteiger partial charge < -0.3 is 20.1 Å². The number of nitrogens with one attached hydrogen (secondary N) is 1. The van der Waals surface area contributed by atoms with Gasteiger partial charge in [-0.05, 0) is 18.2 Å². The molecule has 8 heteroatoms. The highest BCUT2D eigenvalue weighted by atomic mass is 79.9. The van der Waals surface area contributed by atoms with Gasteiger partial charge in [0.15, 0.2) is 0 Å². The van der Waals surface area contributed by atoms with E-state index in [2.05, 4.69) is 37.2 Å². The molecule has 0 unspecified atom stereocenters. The van der Waals surface area contributed by atoms with Crippen molar-refractivity contribution in [1.29, 1.82) is 0 Å². The molecule has 1 aliphatic heterocycles. The molecule has 0 fully saturated rings. The number of halogens is 2. The van der Waals surface area contributed by atoms with Gasteiger partial charge in [0, 0.05) is 21.2 Å². The number of esters is 1. The third-order valence-corrected chi connectivity index (χ3v) is 4.00. The lowest BCUT2D eigenvalue weighted by Gasteiger charge is -2.15. The molecule has 0 aliphatic carbocycles. The largest absolute Gasteiger partial charge is 0.466 e. The second-order valence-electron chi connectivity index (χ2n) is 4.58. The van der Waals surface area contributed by atoms with E-state index in [0.29, 0.717) is 5.69 Å². The molecule has 0 spiro atoms. The van der Waals surface area contributed by atoms with E-state index < -0.39 is 5.97 Å². The van der Waals surface area contributed by atoms with E-state index in [0.717, 1.165) is 8.95 Å². The van der Waals surface area contributed by atoms with E-state index in [4.69, 9.17) is 9.84 Å². The van der Waals surface area contributed by atoms with Crippen LogP contribution in [0.25, 0.3) is 0 Å². The summed E-state index contributed by atoms with van der Waals surface area (Å²) in [4.78, 5) is 25.6. The van der Waals surface area contributed by atoms with Crippen LogP contribution in [0.1, 0.15) is 0 Å². The average molecular weight is 434 g/mol. The smallest absolute Gasteiger partial charge is 0.337 e. The molecule has 0 atom stereocenters. The fraction of sp³-hybridized carbons (Fsp3) is 0.286. The first kappa shape index (κ1) is 17.0. The quantitative estimate of drug-likeness (QED) is 0.693. The van der Waals surface area contributed by atoms with Crippen LogP contribution in [0.5, 0.6) is 0 Å². The number of rotatable bonds is 5. The standard InChI is InChI=1S/C14H14Br2N2O4/c1-22-14(21)11-7-18(2-3-19)13(20)12(11)17-10-5-8(15)4-9(16)6-10/h4-6,17,19H,2-3,7H2,1H3. The Morgan fingerprint density at radius 1 is 1.36 bits per heavy atom. The van der Waals surface area contributed by atoms with Crippen molar-refractivity contribution in [3.8, 4) is 0 Å². The van der Waals surface area contributed by atoms with E-state index in [1.807, 2.05) is 6.07 Å². The molecule has 2 rings (SSSR count). The average Bonchev–Trinajstić information content (AvgIpc) is 2.75. The Labute approximate surface area is 144 Å². The van der Waals surface area contributed by atoms with Crippen LogP contribution in [0.2, 0.25) is 0 Å². The van der Waals surface area contributed by atoms with Crippen LogP contribution in [0.15, 0.2) is 38.4 Å². The Hall–Kier alpha value is -1.38. The maximum Gasteiger partial charge on any atom is 0.337 e. The number of anilines is 1. The summed E-state index contributed by atoms with van der Waals surface area (Å²) in [5.41, 5.74) is 1.07. The SMILES string of the molecule is COC(=O)C1=C(Nc2cc(Br)cc(Br)c2)C(=O)N(CCO)C1. The van der Waals surface area contributed by atoms with Crippen molar-refractivity contribution in [2.75, 3.05) is 32.1 Å². The minimum Gasteiger partial charge on any atom is -0.466 e. The molecule has 0 aromatic heterocycles. The van der Waals surface area contributed by atoms with Crippen molar-refractivity contribution in [2.24, 2.45) is 0 Å². The molecule has 118 valence electrons. The number of ether oxygens (including phenoxy) is 1. The number of hydrogen-bond donors (Lipinski definition) is 2. The number of benzene rings is 1. The Morgan fingerprint density at radius 2 is 2.00 bits per heavy atom. The highest BCUT2D eigenvalue weighted by Crippen LogP contribution is 2.27. The van der Waals surface area contributed by atoms with Crippen LogP contribution in [0.4, 0.5) is 5.69 Å². The molecule has 0 saturated carbocycles. The third-order valence-electron chi connectivity index (χ3n) is 3.09. The summed E-state index contributed by atoms with van der Waals surface area (Å²) in [6, 6.07) is 5.43. The van der Waals surface area contributed by atoms with Gasteiger partial charge in [0.05, 0.1) is 25.8 Å². The molecule has 0 radical (unpaired) electrons. The van der Waals surface area contributed by atoms with Crippen molar-refractivity contribution in [2.45, 2.75) is 0 Å². The molecule has 1 heterocycles. The van der Waals surface area contributed by atoms with Crippen molar-refractivity contribution in [3.63, 3.8) is 0 Å². The van der Waals surface area contributed by atoms with Gasteiger partial charge in [0.25, 0.3) is 5.91 Å².